The number of hydrogen-bond acceptors (Lipinski definition) is 2. The minimum absolute atomic E-state index is 0. The van der Waals surface area contributed by atoms with E-state index in [9.17, 15) is 9.90 Å². The van der Waals surface area contributed by atoms with Crippen molar-refractivity contribution < 1.29 is 15.4 Å². The van der Waals surface area contributed by atoms with E-state index >= 15 is 0 Å². The van der Waals surface area contributed by atoms with Crippen molar-refractivity contribution in [2.45, 2.75) is 39.7 Å². The summed E-state index contributed by atoms with van der Waals surface area (Å²) in [5.74, 6) is 0.188. The summed E-state index contributed by atoms with van der Waals surface area (Å²) in [6.45, 7) is 6.62. The smallest absolute Gasteiger partial charge is 0.248 e. The second kappa shape index (κ2) is 8.01. The number of rotatable bonds is 5. The molecule has 0 saturated carbocycles. The Hall–Kier alpha value is -0.610. The van der Waals surface area contributed by atoms with Crippen LogP contribution in [-0.4, -0.2) is 29.1 Å². The fourth-order valence-electron chi connectivity index (χ4n) is 0.827. The van der Waals surface area contributed by atoms with Gasteiger partial charge < -0.3 is 15.9 Å². The lowest BCUT2D eigenvalue weighted by atomic mass is 10.2. The van der Waals surface area contributed by atoms with Gasteiger partial charge in [0.15, 0.2) is 0 Å². The summed E-state index contributed by atoms with van der Waals surface area (Å²) in [6, 6.07) is 0. The Morgan fingerprint density at radius 2 is 2.00 bits per heavy atom. The fourth-order valence-corrected chi connectivity index (χ4v) is 0.827. The molecule has 1 amide bonds. The number of hydrogen-bond donors (Lipinski definition) is 2. The van der Waals surface area contributed by atoms with Gasteiger partial charge in [-0.25, -0.2) is 0 Å². The topological polar surface area (TPSA) is 80.8 Å². The summed E-state index contributed by atoms with van der Waals surface area (Å²) in [6.07, 6.45) is 0.550. The summed E-state index contributed by atoms with van der Waals surface area (Å²) in [5.41, 5.74) is 0. The summed E-state index contributed by atoms with van der Waals surface area (Å²) in [5, 5.41) is 11.9. The molecule has 0 spiro atoms. The largest absolute Gasteiger partial charge is 0.412 e. The third kappa shape index (κ3) is 7.74. The van der Waals surface area contributed by atoms with E-state index in [0.29, 0.717) is 18.9 Å². The Labute approximate surface area is 79.6 Å². The van der Waals surface area contributed by atoms with Crippen LogP contribution in [0.2, 0.25) is 0 Å². The molecule has 4 nitrogen and oxygen atoms in total. The van der Waals surface area contributed by atoms with E-state index < -0.39 is 6.10 Å². The molecule has 0 aromatic heterocycles. The molecule has 0 aliphatic carbocycles. The van der Waals surface area contributed by atoms with E-state index in [0.717, 1.165) is 6.42 Å². The van der Waals surface area contributed by atoms with Crippen LogP contribution in [0.4, 0.5) is 0 Å². The van der Waals surface area contributed by atoms with Crippen LogP contribution in [-0.2, 0) is 4.79 Å². The van der Waals surface area contributed by atoms with Crippen molar-refractivity contribution in [2.24, 2.45) is 5.92 Å². The lowest BCUT2D eigenvalue weighted by Crippen LogP contribution is -2.36. The number of aliphatic hydroxyl groups is 1. The van der Waals surface area contributed by atoms with E-state index in [-0.39, 0.29) is 11.4 Å². The van der Waals surface area contributed by atoms with Gasteiger partial charge in [-0.3, -0.25) is 4.79 Å². The number of carbonyl (C=O) groups is 1. The van der Waals surface area contributed by atoms with E-state index in [4.69, 9.17) is 0 Å². The standard InChI is InChI=1S/C9H19NO2.H2O/c1-4-5-8(11)9(12)10-6-7(2)3;/h7-8,11H,4-6H2,1-3H3,(H,10,12);1H2/t8-;/m0./s1. The lowest BCUT2D eigenvalue weighted by molar-refractivity contribution is -0.129. The van der Waals surface area contributed by atoms with Gasteiger partial charge in [0.05, 0.1) is 0 Å². The van der Waals surface area contributed by atoms with Crippen LogP contribution in [0.25, 0.3) is 0 Å². The van der Waals surface area contributed by atoms with E-state index in [1.54, 1.807) is 0 Å². The second-order valence-electron chi connectivity index (χ2n) is 3.44. The molecular formula is C9H21NO3. The molecule has 0 aliphatic rings. The SMILES string of the molecule is CCC[C@H](O)C(=O)NCC(C)C.O. The van der Waals surface area contributed by atoms with Gasteiger partial charge in [-0.1, -0.05) is 27.2 Å². The van der Waals surface area contributed by atoms with Gasteiger partial charge in [-0.15, -0.1) is 0 Å². The number of amides is 1. The number of carbonyl (C=O) groups excluding carboxylic acids is 1. The maximum absolute atomic E-state index is 11.1. The molecule has 0 aromatic rings. The van der Waals surface area contributed by atoms with Crippen LogP contribution >= 0.6 is 0 Å². The molecule has 80 valence electrons. The first-order chi connectivity index (χ1) is 5.57. The van der Waals surface area contributed by atoms with Gasteiger partial charge in [0, 0.05) is 6.54 Å². The molecule has 0 bridgehead atoms. The average Bonchev–Trinajstić information content (AvgIpc) is 2.00. The van der Waals surface area contributed by atoms with Crippen molar-refractivity contribution in [1.29, 1.82) is 0 Å². The average molecular weight is 191 g/mol. The van der Waals surface area contributed by atoms with Crippen LogP contribution in [0.5, 0.6) is 0 Å². The van der Waals surface area contributed by atoms with Crippen LogP contribution < -0.4 is 5.32 Å². The lowest BCUT2D eigenvalue weighted by Gasteiger charge is -2.11. The van der Waals surface area contributed by atoms with Crippen LogP contribution in [0.15, 0.2) is 0 Å². The summed E-state index contributed by atoms with van der Waals surface area (Å²) >= 11 is 0. The van der Waals surface area contributed by atoms with Gasteiger partial charge >= 0.3 is 0 Å². The first kappa shape index (κ1) is 14.9. The molecule has 13 heavy (non-hydrogen) atoms. The molecule has 1 atom stereocenters. The minimum Gasteiger partial charge on any atom is -0.412 e. The predicted octanol–water partition coefficient (Wildman–Crippen LogP) is 0.0949. The molecule has 0 aliphatic heterocycles. The van der Waals surface area contributed by atoms with Crippen LogP contribution in [0, 0.1) is 5.92 Å². The van der Waals surface area contributed by atoms with Crippen molar-refractivity contribution in [3.8, 4) is 0 Å². The van der Waals surface area contributed by atoms with Gasteiger partial charge in [0.25, 0.3) is 0 Å². The minimum atomic E-state index is -0.825. The zero-order chi connectivity index (χ0) is 9.56. The molecule has 0 heterocycles. The highest BCUT2D eigenvalue weighted by molar-refractivity contribution is 5.80. The monoisotopic (exact) mass is 191 g/mol. The first-order valence-corrected chi connectivity index (χ1v) is 4.53. The molecule has 0 unspecified atom stereocenters. The Kier molecular flexibility index (Phi) is 9.17. The Morgan fingerprint density at radius 3 is 2.38 bits per heavy atom. The molecule has 0 radical (unpaired) electrons. The molecule has 0 saturated heterocycles. The highest BCUT2D eigenvalue weighted by Crippen LogP contribution is 1.96. The molecule has 4 heteroatoms. The highest BCUT2D eigenvalue weighted by atomic mass is 16.3. The quantitative estimate of drug-likeness (QED) is 0.646. The Bertz CT molecular complexity index is 137. The van der Waals surface area contributed by atoms with E-state index in [1.807, 2.05) is 20.8 Å². The van der Waals surface area contributed by atoms with Crippen LogP contribution in [0.3, 0.4) is 0 Å². The molecule has 0 fully saturated rings. The van der Waals surface area contributed by atoms with Gasteiger partial charge in [-0.05, 0) is 12.3 Å². The third-order valence-electron chi connectivity index (χ3n) is 1.55. The van der Waals surface area contributed by atoms with E-state index in [2.05, 4.69) is 5.32 Å². The maximum Gasteiger partial charge on any atom is 0.248 e. The van der Waals surface area contributed by atoms with Gasteiger partial charge in [0.2, 0.25) is 5.91 Å². The van der Waals surface area contributed by atoms with Crippen molar-refractivity contribution >= 4 is 5.91 Å². The molecule has 0 rings (SSSR count). The van der Waals surface area contributed by atoms with E-state index in [1.165, 1.54) is 0 Å². The number of nitrogens with one attached hydrogen (secondary N) is 1. The molecular weight excluding hydrogens is 170 g/mol. The predicted molar refractivity (Wildman–Crippen MR) is 52.4 cm³/mol. The number of aliphatic hydroxyl groups excluding tert-OH is 1. The van der Waals surface area contributed by atoms with Gasteiger partial charge in [0.1, 0.15) is 6.10 Å². The van der Waals surface area contributed by atoms with Crippen molar-refractivity contribution in [3.63, 3.8) is 0 Å². The van der Waals surface area contributed by atoms with Crippen LogP contribution in [0.1, 0.15) is 33.6 Å². The zero-order valence-electron chi connectivity index (χ0n) is 8.63. The Morgan fingerprint density at radius 1 is 1.46 bits per heavy atom. The zero-order valence-corrected chi connectivity index (χ0v) is 8.63. The molecule has 0 aromatic carbocycles. The summed E-state index contributed by atoms with van der Waals surface area (Å²) < 4.78 is 0. The second-order valence-corrected chi connectivity index (χ2v) is 3.44. The van der Waals surface area contributed by atoms with Crippen molar-refractivity contribution in [1.82, 2.24) is 5.32 Å². The fraction of sp³-hybridized carbons (Fsp3) is 0.889. The third-order valence-corrected chi connectivity index (χ3v) is 1.55. The summed E-state index contributed by atoms with van der Waals surface area (Å²) in [7, 11) is 0. The van der Waals surface area contributed by atoms with Crippen molar-refractivity contribution in [2.75, 3.05) is 6.54 Å². The normalized spacial score (nSPS) is 12.1. The highest BCUT2D eigenvalue weighted by Gasteiger charge is 2.12. The molecule has 4 N–H and O–H groups in total. The van der Waals surface area contributed by atoms with Crippen molar-refractivity contribution in [3.05, 3.63) is 0 Å². The van der Waals surface area contributed by atoms with Gasteiger partial charge in [-0.2, -0.15) is 0 Å². The first-order valence-electron chi connectivity index (χ1n) is 4.53. The maximum atomic E-state index is 11.1. The summed E-state index contributed by atoms with van der Waals surface area (Å²) in [4.78, 5) is 11.1. The Balaban J connectivity index is 0.